The zero-order valence-corrected chi connectivity index (χ0v) is 27.2. The number of carbonyl (C=O) groups excluding carboxylic acids is 1. The molecule has 0 aliphatic carbocycles. The van der Waals surface area contributed by atoms with Crippen LogP contribution in [-0.4, -0.2) is 144 Å². The standard InChI is InChI=1S/C33H44O16/c1-42-19-6-4-15(10-21(19)43-2)8-17-13-45-31(41)18(17)9-16-5-7-20(22(11-16)44-3)47-33-30(40)28(38)26(36)24(49-33)14-46-32-29(39)27(37)25(35)23(12-34)48-32/h4-7,10-11,17-18,23-30,32-40H,8-9,12-14H2,1-3H3/t17-,18+,23+,24-,25+,26+,27-,28-,29+,30+,32+,33+/m0/s1. The van der Waals surface area contributed by atoms with Crippen LogP contribution in [0.2, 0.25) is 0 Å². The molecule has 16 nitrogen and oxygen atoms in total. The lowest BCUT2D eigenvalue weighted by Gasteiger charge is -2.42. The molecule has 3 heterocycles. The van der Waals surface area contributed by atoms with E-state index in [4.69, 9.17) is 37.9 Å². The van der Waals surface area contributed by atoms with Crippen LogP contribution in [0.5, 0.6) is 23.0 Å². The van der Waals surface area contributed by atoms with Crippen molar-refractivity contribution in [1.29, 1.82) is 0 Å². The Morgan fingerprint density at radius 3 is 1.86 bits per heavy atom. The van der Waals surface area contributed by atoms with E-state index >= 15 is 0 Å². The third kappa shape index (κ3) is 8.04. The number of aliphatic hydroxyl groups is 7. The highest BCUT2D eigenvalue weighted by Crippen LogP contribution is 2.36. The number of rotatable bonds is 13. The van der Waals surface area contributed by atoms with Crippen LogP contribution in [0.15, 0.2) is 36.4 Å². The van der Waals surface area contributed by atoms with Gasteiger partial charge in [0.25, 0.3) is 0 Å². The fraction of sp³-hybridized carbons (Fsp3) is 0.606. The van der Waals surface area contributed by atoms with E-state index in [0.29, 0.717) is 24.3 Å². The molecule has 0 spiro atoms. The molecule has 3 aliphatic rings. The second-order valence-electron chi connectivity index (χ2n) is 12.2. The summed E-state index contributed by atoms with van der Waals surface area (Å²) >= 11 is 0. The van der Waals surface area contributed by atoms with Gasteiger partial charge in [0.15, 0.2) is 29.3 Å². The van der Waals surface area contributed by atoms with Gasteiger partial charge in [-0.25, -0.2) is 0 Å². The number of carbonyl (C=O) groups is 1. The lowest BCUT2D eigenvalue weighted by atomic mass is 9.85. The van der Waals surface area contributed by atoms with Crippen molar-refractivity contribution in [3.8, 4) is 23.0 Å². The van der Waals surface area contributed by atoms with Crippen LogP contribution in [0.25, 0.3) is 0 Å². The van der Waals surface area contributed by atoms with Crippen molar-refractivity contribution in [2.75, 3.05) is 41.2 Å². The van der Waals surface area contributed by atoms with Gasteiger partial charge in [0.2, 0.25) is 6.29 Å². The largest absolute Gasteiger partial charge is 0.493 e. The number of hydrogen-bond donors (Lipinski definition) is 7. The average molecular weight is 697 g/mol. The summed E-state index contributed by atoms with van der Waals surface area (Å²) in [6.45, 7) is -0.909. The maximum absolute atomic E-state index is 12.8. The number of methoxy groups -OCH3 is 3. The number of aliphatic hydroxyl groups excluding tert-OH is 7. The monoisotopic (exact) mass is 696 g/mol. The molecule has 5 rings (SSSR count). The Balaban J connectivity index is 1.24. The minimum atomic E-state index is -1.73. The molecule has 0 radical (unpaired) electrons. The second kappa shape index (κ2) is 16.2. The second-order valence-corrected chi connectivity index (χ2v) is 12.2. The molecule has 3 aliphatic heterocycles. The van der Waals surface area contributed by atoms with E-state index < -0.39 is 80.5 Å². The molecular weight excluding hydrogens is 652 g/mol. The van der Waals surface area contributed by atoms with Gasteiger partial charge in [0.1, 0.15) is 48.8 Å². The van der Waals surface area contributed by atoms with Crippen molar-refractivity contribution in [3.05, 3.63) is 47.5 Å². The molecule has 0 bridgehead atoms. The average Bonchev–Trinajstić information content (AvgIpc) is 3.45. The summed E-state index contributed by atoms with van der Waals surface area (Å²) in [5, 5.41) is 71.4. The first-order valence-electron chi connectivity index (χ1n) is 15.8. The highest BCUT2D eigenvalue weighted by atomic mass is 16.7. The Kier molecular flexibility index (Phi) is 12.2. The molecule has 16 heteroatoms. The lowest BCUT2D eigenvalue weighted by molar-refractivity contribution is -0.323. The molecule has 12 atom stereocenters. The molecular formula is C33H44O16. The van der Waals surface area contributed by atoms with Crippen molar-refractivity contribution in [3.63, 3.8) is 0 Å². The summed E-state index contributed by atoms with van der Waals surface area (Å²) in [6, 6.07) is 10.6. The first-order chi connectivity index (χ1) is 23.5. The predicted molar refractivity (Wildman–Crippen MR) is 165 cm³/mol. The van der Waals surface area contributed by atoms with Gasteiger partial charge in [-0.1, -0.05) is 12.1 Å². The van der Waals surface area contributed by atoms with E-state index in [0.717, 1.165) is 11.1 Å². The Bertz CT molecular complexity index is 1400. The highest BCUT2D eigenvalue weighted by Gasteiger charge is 2.48. The number of hydrogen-bond acceptors (Lipinski definition) is 16. The zero-order chi connectivity index (χ0) is 35.4. The number of benzene rings is 2. The van der Waals surface area contributed by atoms with Crippen LogP contribution in [0, 0.1) is 11.8 Å². The maximum atomic E-state index is 12.8. The fourth-order valence-corrected chi connectivity index (χ4v) is 6.23. The summed E-state index contributed by atoms with van der Waals surface area (Å²) < 4.78 is 44.1. The SMILES string of the molecule is COc1ccc(C[C@H]2COC(=O)[C@@H]2Cc2ccc(O[C@@H]3O[C@@H](CO[C@@H]4O[C@H](CO)[C@@H](O)[C@H](O)[C@H]4O)[C@@H](O)[C@H](O)[C@H]3O)c(OC)c2)cc1OC. The van der Waals surface area contributed by atoms with Crippen LogP contribution >= 0.6 is 0 Å². The summed E-state index contributed by atoms with van der Waals surface area (Å²) in [4.78, 5) is 12.8. The summed E-state index contributed by atoms with van der Waals surface area (Å²) in [6.07, 6.45) is -14.7. The van der Waals surface area contributed by atoms with Gasteiger partial charge < -0.3 is 73.6 Å². The predicted octanol–water partition coefficient (Wildman–Crippen LogP) is -1.71. The van der Waals surface area contributed by atoms with Crippen molar-refractivity contribution in [2.45, 2.75) is 74.3 Å². The van der Waals surface area contributed by atoms with Crippen LogP contribution in [-0.2, 0) is 36.6 Å². The van der Waals surface area contributed by atoms with Gasteiger partial charge in [-0.15, -0.1) is 0 Å². The summed E-state index contributed by atoms with van der Waals surface area (Å²) in [7, 11) is 4.52. The third-order valence-corrected chi connectivity index (χ3v) is 9.13. The Morgan fingerprint density at radius 2 is 1.22 bits per heavy atom. The van der Waals surface area contributed by atoms with Crippen molar-refractivity contribution < 1.29 is 78.4 Å². The topological polar surface area (TPSA) is 233 Å². The minimum Gasteiger partial charge on any atom is -0.493 e. The normalized spacial score (nSPS) is 34.7. The molecule has 2 aromatic carbocycles. The first kappa shape index (κ1) is 37.0. The van der Waals surface area contributed by atoms with Crippen LogP contribution in [0.4, 0.5) is 0 Å². The van der Waals surface area contributed by atoms with E-state index in [1.165, 1.54) is 7.11 Å². The van der Waals surface area contributed by atoms with E-state index in [-0.39, 0.29) is 30.0 Å². The van der Waals surface area contributed by atoms with E-state index in [9.17, 15) is 40.5 Å². The van der Waals surface area contributed by atoms with Gasteiger partial charge in [-0.05, 0) is 48.2 Å². The van der Waals surface area contributed by atoms with Gasteiger partial charge in [0.05, 0.1) is 47.1 Å². The van der Waals surface area contributed by atoms with Crippen molar-refractivity contribution >= 4 is 5.97 Å². The molecule has 0 aromatic heterocycles. The molecule has 2 aromatic rings. The molecule has 7 N–H and O–H groups in total. The fourth-order valence-electron chi connectivity index (χ4n) is 6.23. The molecule has 49 heavy (non-hydrogen) atoms. The highest BCUT2D eigenvalue weighted by molar-refractivity contribution is 5.75. The third-order valence-electron chi connectivity index (χ3n) is 9.13. The van der Waals surface area contributed by atoms with Gasteiger partial charge in [0, 0.05) is 5.92 Å². The Labute approximate surface area is 282 Å². The lowest BCUT2D eigenvalue weighted by Crippen LogP contribution is -2.62. The summed E-state index contributed by atoms with van der Waals surface area (Å²) in [5.41, 5.74) is 1.71. The Morgan fingerprint density at radius 1 is 0.673 bits per heavy atom. The Hall–Kier alpha value is -3.29. The van der Waals surface area contributed by atoms with E-state index in [1.54, 1.807) is 32.4 Å². The van der Waals surface area contributed by atoms with Crippen LogP contribution in [0.1, 0.15) is 11.1 Å². The number of cyclic esters (lactones) is 1. The zero-order valence-electron chi connectivity index (χ0n) is 27.2. The summed E-state index contributed by atoms with van der Waals surface area (Å²) in [5.74, 6) is 0.707. The molecule has 0 amide bonds. The molecule has 272 valence electrons. The number of esters is 1. The van der Waals surface area contributed by atoms with Crippen molar-refractivity contribution in [2.24, 2.45) is 11.8 Å². The molecule has 3 fully saturated rings. The quantitative estimate of drug-likeness (QED) is 0.116. The molecule has 0 saturated carbocycles. The first-order valence-corrected chi connectivity index (χ1v) is 15.8. The minimum absolute atomic E-state index is 0.103. The molecule has 3 saturated heterocycles. The van der Waals surface area contributed by atoms with Gasteiger partial charge >= 0.3 is 5.97 Å². The smallest absolute Gasteiger partial charge is 0.309 e. The van der Waals surface area contributed by atoms with Gasteiger partial charge in [-0.3, -0.25) is 4.79 Å². The van der Waals surface area contributed by atoms with Crippen LogP contribution < -0.4 is 18.9 Å². The molecule has 0 unspecified atom stereocenters. The van der Waals surface area contributed by atoms with Gasteiger partial charge in [-0.2, -0.15) is 0 Å². The maximum Gasteiger partial charge on any atom is 0.309 e. The van der Waals surface area contributed by atoms with E-state index in [2.05, 4.69) is 0 Å². The van der Waals surface area contributed by atoms with Crippen molar-refractivity contribution in [1.82, 2.24) is 0 Å². The van der Waals surface area contributed by atoms with E-state index in [1.807, 2.05) is 18.2 Å². The van der Waals surface area contributed by atoms with Crippen LogP contribution in [0.3, 0.4) is 0 Å². The number of ether oxygens (including phenoxy) is 8.